The van der Waals surface area contributed by atoms with Crippen LogP contribution in [0.15, 0.2) is 42.0 Å². The first kappa shape index (κ1) is 20.3. The highest BCUT2D eigenvalue weighted by Gasteiger charge is 2.15. The van der Waals surface area contributed by atoms with Crippen LogP contribution in [-0.4, -0.2) is 19.6 Å². The average Bonchev–Trinajstić information content (AvgIpc) is 2.66. The Balaban J connectivity index is 2.31. The van der Waals surface area contributed by atoms with Gasteiger partial charge in [0.2, 0.25) is 0 Å². The molecule has 2 aromatic rings. The predicted molar refractivity (Wildman–Crippen MR) is 102 cm³/mol. The van der Waals surface area contributed by atoms with Crippen molar-refractivity contribution < 1.29 is 18.7 Å². The number of methoxy groups -OCH3 is 1. The van der Waals surface area contributed by atoms with Gasteiger partial charge in [0, 0.05) is 0 Å². The number of nitriles is 1. The lowest BCUT2D eigenvalue weighted by atomic mass is 10.1. The Hall–Kier alpha value is -3.04. The molecule has 1 N–H and O–H groups in total. The van der Waals surface area contributed by atoms with Crippen molar-refractivity contribution in [3.63, 3.8) is 0 Å². The van der Waals surface area contributed by atoms with Gasteiger partial charge in [0.25, 0.3) is 5.91 Å². The fourth-order valence-corrected chi connectivity index (χ4v) is 2.51. The van der Waals surface area contributed by atoms with Gasteiger partial charge in [-0.2, -0.15) is 5.26 Å². The SMILES string of the molecule is CCCOc1c(Cl)cc(/C=C(\C#N)C(=O)Nc2ccccc2F)cc1OC. The summed E-state index contributed by atoms with van der Waals surface area (Å²) in [7, 11) is 1.47. The zero-order valence-electron chi connectivity index (χ0n) is 14.9. The lowest BCUT2D eigenvalue weighted by molar-refractivity contribution is -0.112. The predicted octanol–water partition coefficient (Wildman–Crippen LogP) is 4.82. The second-order valence-corrected chi connectivity index (χ2v) is 5.89. The number of nitrogens with one attached hydrogen (secondary N) is 1. The number of ether oxygens (including phenoxy) is 2. The third-order valence-corrected chi connectivity index (χ3v) is 3.78. The third-order valence-electron chi connectivity index (χ3n) is 3.50. The number of rotatable bonds is 7. The van der Waals surface area contributed by atoms with E-state index in [-0.39, 0.29) is 11.3 Å². The van der Waals surface area contributed by atoms with Crippen molar-refractivity contribution in [3.05, 3.63) is 58.4 Å². The van der Waals surface area contributed by atoms with Crippen LogP contribution in [0.25, 0.3) is 6.08 Å². The molecule has 7 heteroatoms. The topological polar surface area (TPSA) is 71.3 Å². The van der Waals surface area contributed by atoms with Gasteiger partial charge in [0.05, 0.1) is 24.4 Å². The maximum atomic E-state index is 13.7. The van der Waals surface area contributed by atoms with Crippen molar-refractivity contribution in [1.29, 1.82) is 5.26 Å². The summed E-state index contributed by atoms with van der Waals surface area (Å²) in [5.41, 5.74) is 0.252. The lowest BCUT2D eigenvalue weighted by Gasteiger charge is -2.13. The summed E-state index contributed by atoms with van der Waals surface area (Å²) in [4.78, 5) is 12.3. The molecule has 0 aliphatic carbocycles. The van der Waals surface area contributed by atoms with E-state index in [0.717, 1.165) is 6.42 Å². The number of carbonyl (C=O) groups is 1. The molecule has 0 aromatic heterocycles. The summed E-state index contributed by atoms with van der Waals surface area (Å²) in [6.45, 7) is 2.44. The van der Waals surface area contributed by atoms with Gasteiger partial charge < -0.3 is 14.8 Å². The van der Waals surface area contributed by atoms with Crippen molar-refractivity contribution in [2.24, 2.45) is 0 Å². The van der Waals surface area contributed by atoms with E-state index in [0.29, 0.717) is 28.7 Å². The lowest BCUT2D eigenvalue weighted by Crippen LogP contribution is -2.14. The number of hydrogen-bond donors (Lipinski definition) is 1. The molecule has 0 fully saturated rings. The second-order valence-electron chi connectivity index (χ2n) is 5.49. The van der Waals surface area contributed by atoms with E-state index < -0.39 is 11.7 Å². The van der Waals surface area contributed by atoms with Gasteiger partial charge in [-0.25, -0.2) is 4.39 Å². The number of benzene rings is 2. The van der Waals surface area contributed by atoms with Crippen LogP contribution in [0, 0.1) is 17.1 Å². The minimum atomic E-state index is -0.732. The molecule has 0 bridgehead atoms. The van der Waals surface area contributed by atoms with Crippen LogP contribution >= 0.6 is 11.6 Å². The molecule has 0 aliphatic rings. The highest BCUT2D eigenvalue weighted by molar-refractivity contribution is 6.32. The van der Waals surface area contributed by atoms with Gasteiger partial charge in [0.15, 0.2) is 11.5 Å². The number of nitrogens with zero attached hydrogens (tertiary/aromatic N) is 1. The Morgan fingerprint density at radius 3 is 2.74 bits per heavy atom. The Labute approximate surface area is 162 Å². The zero-order chi connectivity index (χ0) is 19.8. The van der Waals surface area contributed by atoms with Crippen molar-refractivity contribution in [2.45, 2.75) is 13.3 Å². The molecule has 0 radical (unpaired) electrons. The van der Waals surface area contributed by atoms with Gasteiger partial charge in [0.1, 0.15) is 17.5 Å². The zero-order valence-corrected chi connectivity index (χ0v) is 15.6. The Kier molecular flexibility index (Phi) is 7.21. The van der Waals surface area contributed by atoms with E-state index in [1.807, 2.05) is 13.0 Å². The van der Waals surface area contributed by atoms with E-state index in [1.165, 1.54) is 31.4 Å². The number of hydrogen-bond acceptors (Lipinski definition) is 4. The number of para-hydroxylation sites is 1. The Morgan fingerprint density at radius 1 is 1.37 bits per heavy atom. The Morgan fingerprint density at radius 2 is 2.11 bits per heavy atom. The first-order valence-electron chi connectivity index (χ1n) is 8.18. The summed E-state index contributed by atoms with van der Waals surface area (Å²) < 4.78 is 24.5. The van der Waals surface area contributed by atoms with Crippen LogP contribution in [0.3, 0.4) is 0 Å². The molecule has 140 valence electrons. The molecule has 0 saturated heterocycles. The highest BCUT2D eigenvalue weighted by atomic mass is 35.5. The first-order chi connectivity index (χ1) is 13.0. The van der Waals surface area contributed by atoms with Gasteiger partial charge >= 0.3 is 0 Å². The number of halogens is 2. The number of anilines is 1. The number of amides is 1. The maximum absolute atomic E-state index is 13.7. The van der Waals surface area contributed by atoms with Crippen LogP contribution < -0.4 is 14.8 Å². The minimum Gasteiger partial charge on any atom is -0.493 e. The van der Waals surface area contributed by atoms with Crippen LogP contribution in [0.5, 0.6) is 11.5 Å². The molecular formula is C20H18ClFN2O3. The molecule has 2 rings (SSSR count). The molecule has 27 heavy (non-hydrogen) atoms. The van der Waals surface area contributed by atoms with Crippen LogP contribution in [-0.2, 0) is 4.79 Å². The van der Waals surface area contributed by atoms with Crippen molar-refractivity contribution in [3.8, 4) is 17.6 Å². The summed E-state index contributed by atoms with van der Waals surface area (Å²) in [5, 5.41) is 12.0. The quantitative estimate of drug-likeness (QED) is 0.545. The molecule has 2 aromatic carbocycles. The monoisotopic (exact) mass is 388 g/mol. The second kappa shape index (κ2) is 9.60. The number of carbonyl (C=O) groups excluding carboxylic acids is 1. The molecule has 5 nitrogen and oxygen atoms in total. The molecule has 0 atom stereocenters. The van der Waals surface area contributed by atoms with Gasteiger partial charge in [-0.3, -0.25) is 4.79 Å². The van der Waals surface area contributed by atoms with Crippen molar-refractivity contribution in [1.82, 2.24) is 0 Å². The van der Waals surface area contributed by atoms with Gasteiger partial charge in [-0.15, -0.1) is 0 Å². The smallest absolute Gasteiger partial charge is 0.266 e. The van der Waals surface area contributed by atoms with E-state index in [4.69, 9.17) is 21.1 Å². The van der Waals surface area contributed by atoms with E-state index in [1.54, 1.807) is 18.2 Å². The normalized spacial score (nSPS) is 10.9. The summed E-state index contributed by atoms with van der Waals surface area (Å²) in [5.74, 6) is -0.546. The van der Waals surface area contributed by atoms with Crippen molar-refractivity contribution in [2.75, 3.05) is 19.0 Å². The van der Waals surface area contributed by atoms with E-state index in [2.05, 4.69) is 5.32 Å². The summed E-state index contributed by atoms with van der Waals surface area (Å²) >= 11 is 6.24. The Bertz CT molecular complexity index is 907. The molecule has 0 aliphatic heterocycles. The summed E-state index contributed by atoms with van der Waals surface area (Å²) in [6, 6.07) is 10.7. The van der Waals surface area contributed by atoms with Crippen LogP contribution in [0.2, 0.25) is 5.02 Å². The fraction of sp³-hybridized carbons (Fsp3) is 0.200. The highest BCUT2D eigenvalue weighted by Crippen LogP contribution is 2.37. The third kappa shape index (κ3) is 5.22. The largest absolute Gasteiger partial charge is 0.493 e. The molecule has 0 heterocycles. The van der Waals surface area contributed by atoms with Gasteiger partial charge in [-0.05, 0) is 42.3 Å². The van der Waals surface area contributed by atoms with Crippen molar-refractivity contribution >= 4 is 29.3 Å². The molecule has 0 saturated carbocycles. The molecule has 0 spiro atoms. The van der Waals surface area contributed by atoms with E-state index in [9.17, 15) is 14.4 Å². The maximum Gasteiger partial charge on any atom is 0.266 e. The molecular weight excluding hydrogens is 371 g/mol. The van der Waals surface area contributed by atoms with E-state index >= 15 is 0 Å². The van der Waals surface area contributed by atoms with Crippen LogP contribution in [0.4, 0.5) is 10.1 Å². The molecule has 0 unspecified atom stereocenters. The average molecular weight is 389 g/mol. The minimum absolute atomic E-state index is 0.0115. The van der Waals surface area contributed by atoms with Crippen LogP contribution in [0.1, 0.15) is 18.9 Å². The summed E-state index contributed by atoms with van der Waals surface area (Å²) in [6.07, 6.45) is 2.14. The van der Waals surface area contributed by atoms with Gasteiger partial charge in [-0.1, -0.05) is 30.7 Å². The standard InChI is InChI=1S/C20H18ClFN2O3/c1-3-8-27-19-15(21)10-13(11-18(19)26-2)9-14(12-23)20(25)24-17-7-5-4-6-16(17)22/h4-7,9-11H,3,8H2,1-2H3,(H,24,25)/b14-9+. The fourth-order valence-electron chi connectivity index (χ4n) is 2.23. The first-order valence-corrected chi connectivity index (χ1v) is 8.56. The molecule has 1 amide bonds.